The van der Waals surface area contributed by atoms with E-state index in [1.807, 2.05) is 7.05 Å². The van der Waals surface area contributed by atoms with E-state index < -0.39 is 11.4 Å². The lowest BCUT2D eigenvalue weighted by atomic mass is 9.90. The number of rotatable bonds is 5. The summed E-state index contributed by atoms with van der Waals surface area (Å²) in [5.41, 5.74) is -0.617. The van der Waals surface area contributed by atoms with Crippen molar-refractivity contribution in [2.75, 3.05) is 13.6 Å². The molecule has 0 aliphatic heterocycles. The van der Waals surface area contributed by atoms with Crippen molar-refractivity contribution in [3.05, 3.63) is 0 Å². The van der Waals surface area contributed by atoms with Crippen molar-refractivity contribution in [2.24, 2.45) is 5.41 Å². The van der Waals surface area contributed by atoms with Crippen molar-refractivity contribution in [3.8, 4) is 0 Å². The molecule has 84 valence electrons. The molecule has 0 rings (SSSR count). The van der Waals surface area contributed by atoms with E-state index in [9.17, 15) is 4.79 Å². The van der Waals surface area contributed by atoms with Gasteiger partial charge in [-0.1, -0.05) is 6.92 Å². The minimum atomic E-state index is -0.740. The SMILES string of the molecule is CCC(C)(C)N(C)CC(C)(C)C(=O)O. The summed E-state index contributed by atoms with van der Waals surface area (Å²) in [4.78, 5) is 13.1. The highest BCUT2D eigenvalue weighted by Gasteiger charge is 2.32. The van der Waals surface area contributed by atoms with E-state index in [1.54, 1.807) is 13.8 Å². The third-order valence-electron chi connectivity index (χ3n) is 3.11. The minimum Gasteiger partial charge on any atom is -0.481 e. The Balaban J connectivity index is 4.46. The van der Waals surface area contributed by atoms with Crippen LogP contribution in [0.25, 0.3) is 0 Å². The number of aliphatic carboxylic acids is 1. The van der Waals surface area contributed by atoms with Gasteiger partial charge in [0, 0.05) is 12.1 Å². The summed E-state index contributed by atoms with van der Waals surface area (Å²) >= 11 is 0. The average molecular weight is 201 g/mol. The highest BCUT2D eigenvalue weighted by atomic mass is 16.4. The van der Waals surface area contributed by atoms with E-state index in [1.165, 1.54) is 0 Å². The van der Waals surface area contributed by atoms with Crippen LogP contribution in [0, 0.1) is 5.41 Å². The van der Waals surface area contributed by atoms with Gasteiger partial charge in [-0.2, -0.15) is 0 Å². The molecule has 0 fully saturated rings. The number of hydrogen-bond donors (Lipinski definition) is 1. The Labute approximate surface area is 87.1 Å². The summed E-state index contributed by atoms with van der Waals surface area (Å²) in [6.07, 6.45) is 1.01. The third kappa shape index (κ3) is 3.29. The van der Waals surface area contributed by atoms with Crippen molar-refractivity contribution in [2.45, 2.75) is 46.6 Å². The lowest BCUT2D eigenvalue weighted by molar-refractivity contribution is -0.148. The lowest BCUT2D eigenvalue weighted by Gasteiger charge is -2.38. The summed E-state index contributed by atoms with van der Waals surface area (Å²) < 4.78 is 0. The van der Waals surface area contributed by atoms with Crippen molar-refractivity contribution in [1.82, 2.24) is 4.90 Å². The summed E-state index contributed by atoms with van der Waals surface area (Å²) in [5.74, 6) is -0.740. The fourth-order valence-electron chi connectivity index (χ4n) is 1.14. The summed E-state index contributed by atoms with van der Waals surface area (Å²) in [7, 11) is 1.98. The predicted octanol–water partition coefficient (Wildman–Crippen LogP) is 2.22. The largest absolute Gasteiger partial charge is 0.481 e. The summed E-state index contributed by atoms with van der Waals surface area (Å²) in [6, 6.07) is 0. The van der Waals surface area contributed by atoms with Crippen LogP contribution in [0.3, 0.4) is 0 Å². The highest BCUT2D eigenvalue weighted by molar-refractivity contribution is 5.73. The molecule has 0 aromatic carbocycles. The number of nitrogens with zero attached hydrogens (tertiary/aromatic N) is 1. The van der Waals surface area contributed by atoms with Crippen LogP contribution in [-0.4, -0.2) is 35.1 Å². The van der Waals surface area contributed by atoms with E-state index in [0.29, 0.717) is 6.54 Å². The highest BCUT2D eigenvalue weighted by Crippen LogP contribution is 2.23. The first-order valence-electron chi connectivity index (χ1n) is 5.08. The summed E-state index contributed by atoms with van der Waals surface area (Å²) in [6.45, 7) is 10.5. The van der Waals surface area contributed by atoms with Crippen LogP contribution < -0.4 is 0 Å². The first-order valence-corrected chi connectivity index (χ1v) is 5.08. The Morgan fingerprint density at radius 1 is 1.29 bits per heavy atom. The lowest BCUT2D eigenvalue weighted by Crippen LogP contribution is -2.47. The van der Waals surface area contributed by atoms with Crippen LogP contribution in [0.1, 0.15) is 41.0 Å². The maximum Gasteiger partial charge on any atom is 0.310 e. The number of carboxylic acids is 1. The molecule has 0 aliphatic rings. The molecule has 0 saturated carbocycles. The molecule has 0 aliphatic carbocycles. The molecule has 14 heavy (non-hydrogen) atoms. The van der Waals surface area contributed by atoms with Gasteiger partial charge in [-0.15, -0.1) is 0 Å². The first kappa shape index (κ1) is 13.4. The van der Waals surface area contributed by atoms with Crippen LogP contribution in [0.2, 0.25) is 0 Å². The summed E-state index contributed by atoms with van der Waals surface area (Å²) in [5, 5.41) is 9.00. The second-order valence-electron chi connectivity index (χ2n) is 5.21. The number of carbonyl (C=O) groups is 1. The fourth-order valence-corrected chi connectivity index (χ4v) is 1.14. The molecule has 3 nitrogen and oxygen atoms in total. The average Bonchev–Trinajstić information content (AvgIpc) is 2.03. The van der Waals surface area contributed by atoms with Gasteiger partial charge in [-0.25, -0.2) is 0 Å². The Bertz CT molecular complexity index is 209. The molecular weight excluding hydrogens is 178 g/mol. The molecule has 3 heteroatoms. The van der Waals surface area contributed by atoms with Gasteiger partial charge in [0.25, 0.3) is 0 Å². The number of hydrogen-bond acceptors (Lipinski definition) is 2. The molecule has 0 atom stereocenters. The van der Waals surface area contributed by atoms with E-state index in [2.05, 4.69) is 25.7 Å². The Morgan fingerprint density at radius 2 is 1.71 bits per heavy atom. The van der Waals surface area contributed by atoms with Gasteiger partial charge in [0.2, 0.25) is 0 Å². The molecular formula is C11H23NO2. The zero-order valence-corrected chi connectivity index (χ0v) is 10.2. The molecule has 0 aromatic heterocycles. The Hall–Kier alpha value is -0.570. The van der Waals surface area contributed by atoms with Gasteiger partial charge in [0.05, 0.1) is 5.41 Å². The zero-order chi connectivity index (χ0) is 11.6. The predicted molar refractivity (Wildman–Crippen MR) is 58.4 cm³/mol. The van der Waals surface area contributed by atoms with Crippen LogP contribution in [0.4, 0.5) is 0 Å². The smallest absolute Gasteiger partial charge is 0.310 e. The van der Waals surface area contributed by atoms with Crippen LogP contribution >= 0.6 is 0 Å². The van der Waals surface area contributed by atoms with Gasteiger partial charge in [-0.05, 0) is 41.2 Å². The molecule has 0 unspecified atom stereocenters. The second-order valence-corrected chi connectivity index (χ2v) is 5.21. The second kappa shape index (κ2) is 4.30. The maximum absolute atomic E-state index is 10.9. The van der Waals surface area contributed by atoms with Gasteiger partial charge < -0.3 is 10.0 Å². The molecule has 0 heterocycles. The normalized spacial score (nSPS) is 13.4. The topological polar surface area (TPSA) is 40.5 Å². The van der Waals surface area contributed by atoms with E-state index in [-0.39, 0.29) is 5.54 Å². The van der Waals surface area contributed by atoms with E-state index in [4.69, 9.17) is 5.11 Å². The monoisotopic (exact) mass is 201 g/mol. The van der Waals surface area contributed by atoms with Crippen LogP contribution in [-0.2, 0) is 4.79 Å². The van der Waals surface area contributed by atoms with Crippen molar-refractivity contribution >= 4 is 5.97 Å². The maximum atomic E-state index is 10.9. The van der Waals surface area contributed by atoms with Crippen LogP contribution in [0.15, 0.2) is 0 Å². The first-order chi connectivity index (χ1) is 6.13. The van der Waals surface area contributed by atoms with E-state index >= 15 is 0 Å². The standard InChI is InChI=1S/C11H23NO2/c1-7-11(4,5)12(6)8-10(2,3)9(13)14/h7-8H2,1-6H3,(H,13,14). The molecule has 1 N–H and O–H groups in total. The van der Waals surface area contributed by atoms with Gasteiger partial charge in [0.1, 0.15) is 0 Å². The van der Waals surface area contributed by atoms with Gasteiger partial charge in [0.15, 0.2) is 0 Å². The molecule has 0 amide bonds. The number of carboxylic acid groups (broad SMARTS) is 1. The molecule has 0 bridgehead atoms. The van der Waals surface area contributed by atoms with E-state index in [0.717, 1.165) is 6.42 Å². The van der Waals surface area contributed by atoms with Gasteiger partial charge >= 0.3 is 5.97 Å². The van der Waals surface area contributed by atoms with Gasteiger partial charge in [-0.3, -0.25) is 4.79 Å². The zero-order valence-electron chi connectivity index (χ0n) is 10.2. The van der Waals surface area contributed by atoms with Crippen molar-refractivity contribution in [1.29, 1.82) is 0 Å². The third-order valence-corrected chi connectivity index (χ3v) is 3.11. The minimum absolute atomic E-state index is 0.0622. The Morgan fingerprint density at radius 3 is 2.00 bits per heavy atom. The van der Waals surface area contributed by atoms with Crippen LogP contribution in [0.5, 0.6) is 0 Å². The Kier molecular flexibility index (Phi) is 4.13. The fraction of sp³-hybridized carbons (Fsp3) is 0.909. The molecule has 0 saturated heterocycles. The van der Waals surface area contributed by atoms with Crippen molar-refractivity contribution < 1.29 is 9.90 Å². The molecule has 0 spiro atoms. The molecule has 0 radical (unpaired) electrons. The molecule has 0 aromatic rings. The van der Waals surface area contributed by atoms with Crippen molar-refractivity contribution in [3.63, 3.8) is 0 Å². The quantitative estimate of drug-likeness (QED) is 0.741.